The summed E-state index contributed by atoms with van der Waals surface area (Å²) in [6.45, 7) is 4.21. The Morgan fingerprint density at radius 3 is 2.77 bits per heavy atom. The van der Waals surface area contributed by atoms with Crippen molar-refractivity contribution in [1.82, 2.24) is 9.55 Å². The molecule has 1 aliphatic heterocycles. The number of hydrogen-bond acceptors (Lipinski definition) is 5. The third-order valence-corrected chi connectivity index (χ3v) is 6.02. The largest absolute Gasteiger partial charge is 0.342 e. The molecule has 0 atom stereocenters. The first-order valence-electron chi connectivity index (χ1n) is 8.90. The summed E-state index contributed by atoms with van der Waals surface area (Å²) >= 11 is 1.45. The molecule has 3 heterocycles. The highest BCUT2D eigenvalue weighted by Crippen LogP contribution is 2.26. The van der Waals surface area contributed by atoms with Gasteiger partial charge in [0.05, 0.1) is 23.7 Å². The van der Waals surface area contributed by atoms with Crippen molar-refractivity contribution < 1.29 is 0 Å². The van der Waals surface area contributed by atoms with Crippen LogP contribution >= 0.6 is 11.3 Å². The molecule has 2 aromatic heterocycles. The van der Waals surface area contributed by atoms with Gasteiger partial charge in [-0.2, -0.15) is 5.26 Å². The minimum absolute atomic E-state index is 0.0126. The Hall–Kier alpha value is -2.65. The SMILES string of the molecule is Cc1csc2c(=O)n(Cc3ccccc3C#N)c(N3CCCCC3)nc12. The van der Waals surface area contributed by atoms with Crippen LogP contribution in [0.5, 0.6) is 0 Å². The van der Waals surface area contributed by atoms with E-state index in [-0.39, 0.29) is 5.56 Å². The third-order valence-electron chi connectivity index (χ3n) is 4.94. The van der Waals surface area contributed by atoms with E-state index in [9.17, 15) is 10.1 Å². The van der Waals surface area contributed by atoms with E-state index in [4.69, 9.17) is 4.98 Å². The van der Waals surface area contributed by atoms with Crippen molar-refractivity contribution in [2.45, 2.75) is 32.7 Å². The van der Waals surface area contributed by atoms with Gasteiger partial charge in [0.1, 0.15) is 4.70 Å². The Labute approximate surface area is 156 Å². The fourth-order valence-corrected chi connectivity index (χ4v) is 4.45. The van der Waals surface area contributed by atoms with Gasteiger partial charge >= 0.3 is 0 Å². The molecule has 0 radical (unpaired) electrons. The van der Waals surface area contributed by atoms with E-state index in [1.807, 2.05) is 30.5 Å². The van der Waals surface area contributed by atoms with Gasteiger partial charge < -0.3 is 4.90 Å². The number of aromatic nitrogens is 2. The Kier molecular flexibility index (Phi) is 4.48. The molecule has 0 bridgehead atoms. The van der Waals surface area contributed by atoms with Gasteiger partial charge in [-0.25, -0.2) is 4.98 Å². The fraction of sp³-hybridized carbons (Fsp3) is 0.350. The van der Waals surface area contributed by atoms with Gasteiger partial charge in [0.2, 0.25) is 5.95 Å². The van der Waals surface area contributed by atoms with Crippen LogP contribution in [0.3, 0.4) is 0 Å². The van der Waals surface area contributed by atoms with Crippen molar-refractivity contribution in [3.63, 3.8) is 0 Å². The zero-order chi connectivity index (χ0) is 18.1. The van der Waals surface area contributed by atoms with Crippen LogP contribution in [0.4, 0.5) is 5.95 Å². The lowest BCUT2D eigenvalue weighted by molar-refractivity contribution is 0.553. The minimum atomic E-state index is -0.0126. The molecule has 0 N–H and O–H groups in total. The molecular formula is C20H20N4OS. The number of hydrogen-bond donors (Lipinski definition) is 0. The van der Waals surface area contributed by atoms with Crippen LogP contribution in [0, 0.1) is 18.3 Å². The van der Waals surface area contributed by atoms with Crippen molar-refractivity contribution >= 4 is 27.5 Å². The topological polar surface area (TPSA) is 61.9 Å². The number of anilines is 1. The summed E-state index contributed by atoms with van der Waals surface area (Å²) in [5.41, 5.74) is 3.30. The zero-order valence-corrected chi connectivity index (χ0v) is 15.6. The van der Waals surface area contributed by atoms with Gasteiger partial charge in [0.25, 0.3) is 5.56 Å². The molecule has 0 saturated carbocycles. The van der Waals surface area contributed by atoms with Crippen molar-refractivity contribution in [2.75, 3.05) is 18.0 Å². The molecule has 26 heavy (non-hydrogen) atoms. The normalized spacial score (nSPS) is 14.5. The van der Waals surface area contributed by atoms with Crippen LogP contribution in [-0.2, 0) is 6.54 Å². The molecule has 0 spiro atoms. The quantitative estimate of drug-likeness (QED) is 0.711. The summed E-state index contributed by atoms with van der Waals surface area (Å²) in [6, 6.07) is 9.69. The molecule has 0 unspecified atom stereocenters. The lowest BCUT2D eigenvalue weighted by atomic mass is 10.1. The number of thiophene rings is 1. The van der Waals surface area contributed by atoms with Gasteiger partial charge in [0, 0.05) is 13.1 Å². The molecule has 1 aliphatic rings. The van der Waals surface area contributed by atoms with Gasteiger partial charge in [-0.15, -0.1) is 11.3 Å². The van der Waals surface area contributed by atoms with Crippen LogP contribution in [0.25, 0.3) is 10.2 Å². The van der Waals surface area contributed by atoms with Gasteiger partial charge in [0.15, 0.2) is 0 Å². The highest BCUT2D eigenvalue weighted by Gasteiger charge is 2.21. The summed E-state index contributed by atoms with van der Waals surface area (Å²) in [7, 11) is 0. The Morgan fingerprint density at radius 2 is 2.00 bits per heavy atom. The van der Waals surface area contributed by atoms with Crippen LogP contribution < -0.4 is 10.5 Å². The molecule has 132 valence electrons. The molecule has 0 amide bonds. The van der Waals surface area contributed by atoms with E-state index in [0.29, 0.717) is 16.8 Å². The Bertz CT molecular complexity index is 1050. The number of nitrogens with zero attached hydrogens (tertiary/aromatic N) is 4. The Morgan fingerprint density at radius 1 is 1.23 bits per heavy atom. The summed E-state index contributed by atoms with van der Waals surface area (Å²) in [4.78, 5) is 20.3. The van der Waals surface area contributed by atoms with Crippen LogP contribution in [-0.4, -0.2) is 22.6 Å². The average molecular weight is 364 g/mol. The van der Waals surface area contributed by atoms with E-state index in [1.165, 1.54) is 17.8 Å². The van der Waals surface area contributed by atoms with E-state index in [0.717, 1.165) is 48.5 Å². The minimum Gasteiger partial charge on any atom is -0.342 e. The second kappa shape index (κ2) is 6.93. The third kappa shape index (κ3) is 2.89. The molecular weight excluding hydrogens is 344 g/mol. The molecule has 1 aromatic carbocycles. The highest BCUT2D eigenvalue weighted by molar-refractivity contribution is 7.17. The number of fused-ring (bicyclic) bond motifs is 1. The molecule has 1 saturated heterocycles. The number of aryl methyl sites for hydroxylation is 1. The first-order valence-corrected chi connectivity index (χ1v) is 9.78. The van der Waals surface area contributed by atoms with Gasteiger partial charge in [-0.05, 0) is 48.8 Å². The Balaban J connectivity index is 1.90. The van der Waals surface area contributed by atoms with Crippen LogP contribution in [0.2, 0.25) is 0 Å². The van der Waals surface area contributed by atoms with Crippen molar-refractivity contribution in [3.05, 3.63) is 56.7 Å². The lowest BCUT2D eigenvalue weighted by Crippen LogP contribution is -2.36. The fourth-order valence-electron chi connectivity index (χ4n) is 3.52. The summed E-state index contributed by atoms with van der Waals surface area (Å²) < 4.78 is 2.44. The molecule has 1 fully saturated rings. The van der Waals surface area contributed by atoms with E-state index in [2.05, 4.69) is 11.0 Å². The molecule has 3 aromatic rings. The maximum Gasteiger partial charge on any atom is 0.273 e. The van der Waals surface area contributed by atoms with Crippen molar-refractivity contribution in [1.29, 1.82) is 5.26 Å². The number of piperidine rings is 1. The predicted octanol–water partition coefficient (Wildman–Crippen LogP) is 3.68. The standard InChI is InChI=1S/C20H20N4OS/c1-14-13-26-18-17(14)22-20(23-9-5-2-6-10-23)24(19(18)25)12-16-8-4-3-7-15(16)11-21/h3-4,7-8,13H,2,5-6,9-10,12H2,1H3. The number of nitriles is 1. The number of benzene rings is 1. The summed E-state index contributed by atoms with van der Waals surface area (Å²) in [6.07, 6.45) is 3.45. The van der Waals surface area contributed by atoms with Crippen LogP contribution in [0.1, 0.15) is 36.0 Å². The summed E-state index contributed by atoms with van der Waals surface area (Å²) in [5.74, 6) is 0.733. The molecule has 5 nitrogen and oxygen atoms in total. The molecule has 0 aliphatic carbocycles. The lowest BCUT2D eigenvalue weighted by Gasteiger charge is -2.29. The number of rotatable bonds is 3. The van der Waals surface area contributed by atoms with E-state index in [1.54, 1.807) is 10.6 Å². The first kappa shape index (κ1) is 16.8. The monoisotopic (exact) mass is 364 g/mol. The van der Waals surface area contributed by atoms with Gasteiger partial charge in [-0.3, -0.25) is 9.36 Å². The van der Waals surface area contributed by atoms with Crippen molar-refractivity contribution in [2.24, 2.45) is 0 Å². The van der Waals surface area contributed by atoms with E-state index < -0.39 is 0 Å². The van der Waals surface area contributed by atoms with Gasteiger partial charge in [-0.1, -0.05) is 18.2 Å². The van der Waals surface area contributed by atoms with Crippen molar-refractivity contribution in [3.8, 4) is 6.07 Å². The molecule has 4 rings (SSSR count). The smallest absolute Gasteiger partial charge is 0.273 e. The summed E-state index contributed by atoms with van der Waals surface area (Å²) in [5, 5.41) is 11.4. The average Bonchev–Trinajstić information content (AvgIpc) is 3.06. The second-order valence-corrected chi connectivity index (χ2v) is 7.60. The second-order valence-electron chi connectivity index (χ2n) is 6.72. The predicted molar refractivity (Wildman–Crippen MR) is 105 cm³/mol. The maximum atomic E-state index is 13.2. The van der Waals surface area contributed by atoms with Crippen LogP contribution in [0.15, 0.2) is 34.4 Å². The first-order chi connectivity index (χ1) is 12.7. The zero-order valence-electron chi connectivity index (χ0n) is 14.7. The maximum absolute atomic E-state index is 13.2. The molecule has 6 heteroatoms. The van der Waals surface area contributed by atoms with E-state index >= 15 is 0 Å². The highest BCUT2D eigenvalue weighted by atomic mass is 32.1.